The molecule has 2 aromatic rings. The van der Waals surface area contributed by atoms with Crippen LogP contribution in [0.15, 0.2) is 22.7 Å². The summed E-state index contributed by atoms with van der Waals surface area (Å²) >= 11 is 0. The zero-order valence-corrected chi connectivity index (χ0v) is 12.1. The van der Waals surface area contributed by atoms with Crippen LogP contribution in [0.3, 0.4) is 0 Å². The minimum Gasteiger partial charge on any atom is -0.384 e. The van der Waals surface area contributed by atoms with Gasteiger partial charge in [0.05, 0.1) is 0 Å². The van der Waals surface area contributed by atoms with Crippen molar-refractivity contribution < 1.29 is 9.26 Å². The van der Waals surface area contributed by atoms with Gasteiger partial charge in [0.25, 0.3) is 5.89 Å². The Kier molecular flexibility index (Phi) is 3.15. The highest BCUT2D eigenvalue weighted by molar-refractivity contribution is 5.64. The van der Waals surface area contributed by atoms with Crippen LogP contribution < -0.4 is 5.32 Å². The first-order valence-electron chi connectivity index (χ1n) is 7.67. The summed E-state index contributed by atoms with van der Waals surface area (Å²) in [5.74, 6) is 1.83. The van der Waals surface area contributed by atoms with Crippen LogP contribution in [0.25, 0.3) is 11.5 Å². The summed E-state index contributed by atoms with van der Waals surface area (Å²) in [6.07, 6.45) is 3.43. The summed E-state index contributed by atoms with van der Waals surface area (Å²) in [4.78, 5) is 4.56. The number of hydrogen-bond donors (Lipinski definition) is 1. The lowest BCUT2D eigenvalue weighted by atomic mass is 10.1. The van der Waals surface area contributed by atoms with Crippen molar-refractivity contribution >= 4 is 5.69 Å². The van der Waals surface area contributed by atoms with Gasteiger partial charge in [-0.3, -0.25) is 0 Å². The van der Waals surface area contributed by atoms with Crippen molar-refractivity contribution in [3.8, 4) is 11.5 Å². The van der Waals surface area contributed by atoms with Crippen LogP contribution >= 0.6 is 0 Å². The third-order valence-electron chi connectivity index (χ3n) is 4.15. The Morgan fingerprint density at radius 1 is 1.43 bits per heavy atom. The lowest BCUT2D eigenvalue weighted by Gasteiger charge is -2.11. The van der Waals surface area contributed by atoms with Crippen molar-refractivity contribution in [3.05, 3.63) is 29.6 Å². The van der Waals surface area contributed by atoms with Crippen LogP contribution in [-0.4, -0.2) is 23.3 Å². The molecule has 21 heavy (non-hydrogen) atoms. The molecule has 1 saturated carbocycles. The number of anilines is 1. The van der Waals surface area contributed by atoms with Gasteiger partial charge < -0.3 is 14.6 Å². The number of hydrogen-bond acceptors (Lipinski definition) is 5. The van der Waals surface area contributed by atoms with Gasteiger partial charge in [-0.15, -0.1) is 0 Å². The molecule has 1 N–H and O–H groups in total. The van der Waals surface area contributed by atoms with E-state index in [1.807, 2.05) is 13.0 Å². The fourth-order valence-corrected chi connectivity index (χ4v) is 2.91. The second-order valence-corrected chi connectivity index (χ2v) is 5.72. The molecule has 2 heterocycles. The Hall–Kier alpha value is -1.88. The molecular weight excluding hydrogens is 266 g/mol. The van der Waals surface area contributed by atoms with Crippen LogP contribution in [0.1, 0.15) is 37.3 Å². The van der Waals surface area contributed by atoms with E-state index in [0.29, 0.717) is 24.2 Å². The van der Waals surface area contributed by atoms with Crippen LogP contribution in [0.4, 0.5) is 5.69 Å². The standard InChI is InChI=1S/C16H19N3O2/c1-2-20-14(10-3-4-10)15-18-16(21-19-15)12-5-6-13-11(9-12)7-8-17-13/h5-6,9-10,14,17H,2-4,7-8H2,1H3. The normalized spacial score (nSPS) is 18.3. The molecule has 0 radical (unpaired) electrons. The largest absolute Gasteiger partial charge is 0.384 e. The third-order valence-corrected chi connectivity index (χ3v) is 4.15. The molecule has 4 rings (SSSR count). The Balaban J connectivity index is 1.61. The van der Waals surface area contributed by atoms with Crippen molar-refractivity contribution in [3.63, 3.8) is 0 Å². The summed E-state index contributed by atoms with van der Waals surface area (Å²) in [6, 6.07) is 6.25. The Morgan fingerprint density at radius 3 is 3.14 bits per heavy atom. The summed E-state index contributed by atoms with van der Waals surface area (Å²) in [6.45, 7) is 3.68. The molecule has 0 saturated heterocycles. The van der Waals surface area contributed by atoms with Gasteiger partial charge in [-0.1, -0.05) is 5.16 Å². The summed E-state index contributed by atoms with van der Waals surface area (Å²) < 4.78 is 11.2. The highest BCUT2D eigenvalue weighted by Gasteiger charge is 2.36. The maximum Gasteiger partial charge on any atom is 0.258 e. The van der Waals surface area contributed by atoms with E-state index in [0.717, 1.165) is 18.5 Å². The van der Waals surface area contributed by atoms with E-state index in [1.54, 1.807) is 0 Å². The molecule has 0 bridgehead atoms. The number of nitrogens with zero attached hydrogens (tertiary/aromatic N) is 2. The van der Waals surface area contributed by atoms with E-state index < -0.39 is 0 Å². The molecule has 1 aliphatic heterocycles. The quantitative estimate of drug-likeness (QED) is 0.914. The van der Waals surface area contributed by atoms with Crippen molar-refractivity contribution in [1.82, 2.24) is 10.1 Å². The predicted molar refractivity (Wildman–Crippen MR) is 79.0 cm³/mol. The number of ether oxygens (including phenoxy) is 1. The first-order chi connectivity index (χ1) is 10.3. The van der Waals surface area contributed by atoms with E-state index in [9.17, 15) is 0 Å². The smallest absolute Gasteiger partial charge is 0.258 e. The molecular formula is C16H19N3O2. The van der Waals surface area contributed by atoms with Gasteiger partial charge in [0, 0.05) is 24.4 Å². The molecule has 1 aromatic heterocycles. The lowest BCUT2D eigenvalue weighted by molar-refractivity contribution is 0.0385. The number of aromatic nitrogens is 2. The van der Waals surface area contributed by atoms with Crippen molar-refractivity contribution in [1.29, 1.82) is 0 Å². The molecule has 2 aliphatic rings. The molecule has 1 fully saturated rings. The molecule has 1 aliphatic carbocycles. The monoisotopic (exact) mass is 285 g/mol. The highest BCUT2D eigenvalue weighted by atomic mass is 16.5. The average molecular weight is 285 g/mol. The average Bonchev–Trinajstić information content (AvgIpc) is 3.03. The maximum absolute atomic E-state index is 5.78. The van der Waals surface area contributed by atoms with E-state index in [-0.39, 0.29) is 6.10 Å². The zero-order chi connectivity index (χ0) is 14.2. The van der Waals surface area contributed by atoms with Gasteiger partial charge in [0.1, 0.15) is 6.10 Å². The molecule has 1 aromatic carbocycles. The molecule has 1 unspecified atom stereocenters. The van der Waals surface area contributed by atoms with E-state index >= 15 is 0 Å². The fourth-order valence-electron chi connectivity index (χ4n) is 2.91. The molecule has 110 valence electrons. The van der Waals surface area contributed by atoms with Crippen molar-refractivity contribution in [2.75, 3.05) is 18.5 Å². The molecule has 5 nitrogen and oxygen atoms in total. The minimum absolute atomic E-state index is 0.0106. The van der Waals surface area contributed by atoms with Crippen LogP contribution in [0.5, 0.6) is 0 Å². The Morgan fingerprint density at radius 2 is 2.33 bits per heavy atom. The van der Waals surface area contributed by atoms with Crippen molar-refractivity contribution in [2.24, 2.45) is 5.92 Å². The molecule has 0 amide bonds. The summed E-state index contributed by atoms with van der Waals surface area (Å²) in [7, 11) is 0. The fraction of sp³-hybridized carbons (Fsp3) is 0.500. The Bertz CT molecular complexity index is 649. The minimum atomic E-state index is -0.0106. The number of nitrogens with one attached hydrogen (secondary N) is 1. The summed E-state index contributed by atoms with van der Waals surface area (Å²) in [5, 5.41) is 7.50. The predicted octanol–water partition coefficient (Wildman–Crippen LogP) is 3.19. The first-order valence-corrected chi connectivity index (χ1v) is 7.67. The van der Waals surface area contributed by atoms with Crippen molar-refractivity contribution in [2.45, 2.75) is 32.3 Å². The van der Waals surface area contributed by atoms with Gasteiger partial charge in [-0.25, -0.2) is 0 Å². The van der Waals surface area contributed by atoms with Gasteiger partial charge in [0.2, 0.25) is 5.82 Å². The first kappa shape index (κ1) is 12.8. The topological polar surface area (TPSA) is 60.2 Å². The summed E-state index contributed by atoms with van der Waals surface area (Å²) in [5.41, 5.74) is 3.52. The van der Waals surface area contributed by atoms with Crippen LogP contribution in [-0.2, 0) is 11.2 Å². The molecule has 5 heteroatoms. The highest BCUT2D eigenvalue weighted by Crippen LogP contribution is 2.42. The lowest BCUT2D eigenvalue weighted by Crippen LogP contribution is -2.08. The third kappa shape index (κ3) is 2.42. The number of rotatable bonds is 5. The van der Waals surface area contributed by atoms with Gasteiger partial charge in [-0.2, -0.15) is 4.98 Å². The number of fused-ring (bicyclic) bond motifs is 1. The van der Waals surface area contributed by atoms with Gasteiger partial charge in [-0.05, 0) is 55.9 Å². The van der Waals surface area contributed by atoms with E-state index in [1.165, 1.54) is 24.1 Å². The van der Waals surface area contributed by atoms with Crippen LogP contribution in [0, 0.1) is 5.92 Å². The van der Waals surface area contributed by atoms with Gasteiger partial charge in [0.15, 0.2) is 0 Å². The zero-order valence-electron chi connectivity index (χ0n) is 12.1. The van der Waals surface area contributed by atoms with E-state index in [4.69, 9.17) is 9.26 Å². The molecule has 1 atom stereocenters. The van der Waals surface area contributed by atoms with E-state index in [2.05, 4.69) is 27.6 Å². The van der Waals surface area contributed by atoms with Gasteiger partial charge >= 0.3 is 0 Å². The Labute approximate surface area is 123 Å². The second kappa shape index (κ2) is 5.15. The maximum atomic E-state index is 5.78. The molecule has 0 spiro atoms. The van der Waals surface area contributed by atoms with Crippen LogP contribution in [0.2, 0.25) is 0 Å². The second-order valence-electron chi connectivity index (χ2n) is 5.72. The SMILES string of the molecule is CCOC(c1noc(-c2ccc3c(c2)CCN3)n1)C1CC1. The number of benzene rings is 1.